The van der Waals surface area contributed by atoms with Crippen molar-refractivity contribution in [1.29, 1.82) is 0 Å². The number of sulfonamides is 1. The summed E-state index contributed by atoms with van der Waals surface area (Å²) in [5, 5.41) is 9.83. The molecule has 0 amide bonds. The highest BCUT2D eigenvalue weighted by Crippen LogP contribution is 2.34. The lowest BCUT2D eigenvalue weighted by atomic mass is 10.2. The molecule has 146 valence electrons. The molecule has 0 unspecified atom stereocenters. The Bertz CT molecular complexity index is 1090. The van der Waals surface area contributed by atoms with Crippen LogP contribution in [0.25, 0.3) is 0 Å². The van der Waals surface area contributed by atoms with Gasteiger partial charge in [-0.3, -0.25) is 0 Å². The maximum Gasteiger partial charge on any atom is 0.244 e. The molecule has 0 fully saturated rings. The number of hydrogen-bond donors (Lipinski definition) is 2. The van der Waals surface area contributed by atoms with Crippen molar-refractivity contribution in [3.05, 3.63) is 82.1 Å². The summed E-state index contributed by atoms with van der Waals surface area (Å²) >= 11 is 11.6. The fourth-order valence-corrected chi connectivity index (χ4v) is 4.09. The quantitative estimate of drug-likeness (QED) is 0.557. The summed E-state index contributed by atoms with van der Waals surface area (Å²) in [6.45, 7) is -0.0251. The fraction of sp³-hybridized carbons (Fsp3) is 0.0526. The van der Waals surface area contributed by atoms with Gasteiger partial charge in [-0.1, -0.05) is 35.3 Å². The van der Waals surface area contributed by atoms with Crippen molar-refractivity contribution in [2.75, 3.05) is 0 Å². The van der Waals surface area contributed by atoms with Gasteiger partial charge in [0, 0.05) is 11.6 Å². The molecule has 0 heterocycles. The van der Waals surface area contributed by atoms with Gasteiger partial charge in [-0.2, -0.15) is 0 Å². The van der Waals surface area contributed by atoms with Gasteiger partial charge >= 0.3 is 0 Å². The largest absolute Gasteiger partial charge is 0.505 e. The van der Waals surface area contributed by atoms with Crippen LogP contribution in [0.15, 0.2) is 65.6 Å². The first-order chi connectivity index (χ1) is 13.2. The van der Waals surface area contributed by atoms with Crippen molar-refractivity contribution in [3.8, 4) is 17.2 Å². The van der Waals surface area contributed by atoms with Crippen LogP contribution >= 0.6 is 23.2 Å². The lowest BCUT2D eigenvalue weighted by Crippen LogP contribution is -2.23. The molecular weight excluding hydrogens is 428 g/mol. The van der Waals surface area contributed by atoms with Gasteiger partial charge in [0.2, 0.25) is 10.0 Å². The van der Waals surface area contributed by atoms with Crippen LogP contribution < -0.4 is 9.46 Å². The minimum atomic E-state index is -4.03. The van der Waals surface area contributed by atoms with Gasteiger partial charge in [0.25, 0.3) is 0 Å². The summed E-state index contributed by atoms with van der Waals surface area (Å²) in [6.07, 6.45) is 0. The number of benzene rings is 3. The van der Waals surface area contributed by atoms with Crippen molar-refractivity contribution in [1.82, 2.24) is 4.72 Å². The Labute approximate surface area is 171 Å². The predicted octanol–water partition coefficient (Wildman–Crippen LogP) is 5.11. The maximum absolute atomic E-state index is 12.9. The molecule has 3 aromatic carbocycles. The molecule has 0 bridgehead atoms. The highest BCUT2D eigenvalue weighted by atomic mass is 35.5. The van der Waals surface area contributed by atoms with Crippen LogP contribution in [0.4, 0.5) is 4.39 Å². The second kappa shape index (κ2) is 8.36. The molecule has 0 aliphatic carbocycles. The first-order valence-corrected chi connectivity index (χ1v) is 10.2. The van der Waals surface area contributed by atoms with Crippen LogP contribution in [0.1, 0.15) is 5.56 Å². The molecule has 5 nitrogen and oxygen atoms in total. The molecular formula is C19H14Cl2FNO4S. The predicted molar refractivity (Wildman–Crippen MR) is 105 cm³/mol. The summed E-state index contributed by atoms with van der Waals surface area (Å²) in [5.74, 6) is 0.0595. The molecule has 0 saturated heterocycles. The van der Waals surface area contributed by atoms with Crippen LogP contribution in [0.2, 0.25) is 10.0 Å². The second-order valence-corrected chi connectivity index (χ2v) is 8.34. The van der Waals surface area contributed by atoms with E-state index >= 15 is 0 Å². The summed E-state index contributed by atoms with van der Waals surface area (Å²) in [4.78, 5) is -0.402. The molecule has 0 radical (unpaired) electrons. The number of phenolic OH excluding ortho intramolecular Hbond substituents is 1. The summed E-state index contributed by atoms with van der Waals surface area (Å²) in [6, 6.07) is 14.6. The average molecular weight is 442 g/mol. The number of aromatic hydroxyl groups is 1. The SMILES string of the molecule is O=S(=O)(NCc1ccc(Oc2ccc(F)cc2)cc1)c1cc(Cl)cc(Cl)c1O. The van der Waals surface area contributed by atoms with Crippen LogP contribution in [0, 0.1) is 5.82 Å². The van der Waals surface area contributed by atoms with Crippen molar-refractivity contribution in [2.45, 2.75) is 11.4 Å². The Kier molecular flexibility index (Phi) is 6.10. The van der Waals surface area contributed by atoms with Crippen LogP contribution in [0.3, 0.4) is 0 Å². The first-order valence-electron chi connectivity index (χ1n) is 7.94. The van der Waals surface area contributed by atoms with Crippen molar-refractivity contribution < 1.29 is 22.7 Å². The Morgan fingerprint density at radius 3 is 2.14 bits per heavy atom. The van der Waals surface area contributed by atoms with E-state index in [1.54, 1.807) is 24.3 Å². The maximum atomic E-state index is 12.9. The van der Waals surface area contributed by atoms with Gasteiger partial charge in [0.1, 0.15) is 22.2 Å². The Morgan fingerprint density at radius 1 is 0.964 bits per heavy atom. The van der Waals surface area contributed by atoms with E-state index in [0.717, 1.165) is 6.07 Å². The summed E-state index contributed by atoms with van der Waals surface area (Å²) in [7, 11) is -4.03. The highest BCUT2D eigenvalue weighted by Gasteiger charge is 2.21. The summed E-state index contributed by atoms with van der Waals surface area (Å²) < 4.78 is 45.7. The Balaban J connectivity index is 1.68. The van der Waals surface area contributed by atoms with Crippen molar-refractivity contribution >= 4 is 33.2 Å². The Morgan fingerprint density at radius 2 is 1.54 bits per heavy atom. The van der Waals surface area contributed by atoms with Gasteiger partial charge in [-0.25, -0.2) is 17.5 Å². The smallest absolute Gasteiger partial charge is 0.244 e. The number of nitrogens with one attached hydrogen (secondary N) is 1. The van der Waals surface area contributed by atoms with Crippen LogP contribution in [0.5, 0.6) is 17.2 Å². The zero-order valence-electron chi connectivity index (χ0n) is 14.2. The topological polar surface area (TPSA) is 75.6 Å². The lowest BCUT2D eigenvalue weighted by Gasteiger charge is -2.11. The monoisotopic (exact) mass is 441 g/mol. The summed E-state index contributed by atoms with van der Waals surface area (Å²) in [5.41, 5.74) is 0.655. The van der Waals surface area contributed by atoms with Gasteiger partial charge < -0.3 is 9.84 Å². The third-order valence-corrected chi connectivity index (χ3v) is 5.64. The Hall–Kier alpha value is -2.32. The molecule has 28 heavy (non-hydrogen) atoms. The van der Waals surface area contributed by atoms with E-state index in [2.05, 4.69) is 4.72 Å². The molecule has 0 atom stereocenters. The average Bonchev–Trinajstić information content (AvgIpc) is 2.66. The van der Waals surface area contributed by atoms with Gasteiger partial charge in [0.05, 0.1) is 5.02 Å². The molecule has 9 heteroatoms. The van der Waals surface area contributed by atoms with E-state index in [4.69, 9.17) is 27.9 Å². The molecule has 2 N–H and O–H groups in total. The minimum Gasteiger partial charge on any atom is -0.505 e. The van der Waals surface area contributed by atoms with Gasteiger partial charge in [-0.05, 0) is 54.1 Å². The lowest BCUT2D eigenvalue weighted by molar-refractivity contribution is 0.458. The van der Waals surface area contributed by atoms with E-state index in [9.17, 15) is 17.9 Å². The molecule has 3 rings (SSSR count). The number of halogens is 3. The van der Waals surface area contributed by atoms with Gasteiger partial charge in [-0.15, -0.1) is 0 Å². The van der Waals surface area contributed by atoms with Gasteiger partial charge in [0.15, 0.2) is 5.75 Å². The van der Waals surface area contributed by atoms with E-state index in [1.165, 1.54) is 30.3 Å². The minimum absolute atomic E-state index is 0.0251. The van der Waals surface area contributed by atoms with E-state index < -0.39 is 20.7 Å². The number of hydrogen-bond acceptors (Lipinski definition) is 4. The standard InChI is InChI=1S/C19H14Cl2FNO4S/c20-13-9-17(21)19(24)18(10-13)28(25,26)23-11-12-1-5-15(6-2-12)27-16-7-3-14(22)4-8-16/h1-10,23-24H,11H2. The van der Waals surface area contributed by atoms with Crippen LogP contribution in [-0.4, -0.2) is 13.5 Å². The number of ether oxygens (including phenoxy) is 1. The third-order valence-electron chi connectivity index (χ3n) is 3.72. The van der Waals surface area contributed by atoms with Crippen molar-refractivity contribution in [3.63, 3.8) is 0 Å². The first kappa shape index (κ1) is 20.4. The normalized spacial score (nSPS) is 11.4. The molecule has 0 aliphatic rings. The molecule has 0 spiro atoms. The molecule has 3 aromatic rings. The number of phenols is 1. The molecule has 0 saturated carbocycles. The highest BCUT2D eigenvalue weighted by molar-refractivity contribution is 7.89. The zero-order chi connectivity index (χ0) is 20.3. The fourth-order valence-electron chi connectivity index (χ4n) is 2.32. The number of rotatable bonds is 6. The molecule has 0 aliphatic heterocycles. The third kappa shape index (κ3) is 4.94. The van der Waals surface area contributed by atoms with E-state index in [-0.39, 0.29) is 22.4 Å². The zero-order valence-corrected chi connectivity index (χ0v) is 16.5. The van der Waals surface area contributed by atoms with Crippen LogP contribution in [-0.2, 0) is 16.6 Å². The van der Waals surface area contributed by atoms with Crippen molar-refractivity contribution in [2.24, 2.45) is 0 Å². The second-order valence-electron chi connectivity index (χ2n) is 5.76. The molecule has 0 aromatic heterocycles. The van der Waals surface area contributed by atoms with E-state index in [1.807, 2.05) is 0 Å². The van der Waals surface area contributed by atoms with E-state index in [0.29, 0.717) is 17.1 Å².